The summed E-state index contributed by atoms with van der Waals surface area (Å²) in [6.45, 7) is 3.21. The van der Waals surface area contributed by atoms with Crippen LogP contribution in [-0.2, 0) is 9.53 Å². The molecule has 2 aliphatic carbocycles. The molecule has 98 valence electrons. The molecule has 2 unspecified atom stereocenters. The minimum Gasteiger partial charge on any atom is -0.381 e. The molecule has 0 aromatic heterocycles. The molecule has 0 spiro atoms. The Kier molecular flexibility index (Phi) is 4.84. The Morgan fingerprint density at radius 3 is 2.76 bits per heavy atom. The zero-order chi connectivity index (χ0) is 12.1. The molecule has 2 rings (SSSR count). The first-order valence-electron chi connectivity index (χ1n) is 7.18. The van der Waals surface area contributed by atoms with Gasteiger partial charge in [0, 0.05) is 19.1 Å². The SMILES string of the molecule is CCOCCC(=O)NC1CC1C1CCCCC1. The van der Waals surface area contributed by atoms with Crippen LogP contribution in [0.5, 0.6) is 0 Å². The van der Waals surface area contributed by atoms with Crippen LogP contribution in [0, 0.1) is 11.8 Å². The fourth-order valence-corrected chi connectivity index (χ4v) is 3.05. The first-order valence-corrected chi connectivity index (χ1v) is 7.18. The van der Waals surface area contributed by atoms with Crippen molar-refractivity contribution >= 4 is 5.91 Å². The van der Waals surface area contributed by atoms with Gasteiger partial charge in [-0.2, -0.15) is 0 Å². The van der Waals surface area contributed by atoms with Crippen molar-refractivity contribution in [2.45, 2.75) is 57.9 Å². The summed E-state index contributed by atoms with van der Waals surface area (Å²) in [5.74, 6) is 1.84. The maximum atomic E-state index is 11.6. The van der Waals surface area contributed by atoms with Crippen LogP contribution >= 0.6 is 0 Å². The van der Waals surface area contributed by atoms with Crippen molar-refractivity contribution in [1.82, 2.24) is 5.32 Å². The lowest BCUT2D eigenvalue weighted by molar-refractivity contribution is -0.122. The van der Waals surface area contributed by atoms with Gasteiger partial charge in [0.05, 0.1) is 6.61 Å². The summed E-state index contributed by atoms with van der Waals surface area (Å²) in [6, 6.07) is 0.479. The summed E-state index contributed by atoms with van der Waals surface area (Å²) in [5, 5.41) is 3.14. The average Bonchev–Trinajstić information content (AvgIpc) is 3.10. The van der Waals surface area contributed by atoms with Gasteiger partial charge in [0.2, 0.25) is 5.91 Å². The zero-order valence-electron chi connectivity index (χ0n) is 10.9. The summed E-state index contributed by atoms with van der Waals surface area (Å²) in [5.41, 5.74) is 0. The minimum absolute atomic E-state index is 0.168. The molecule has 0 radical (unpaired) electrons. The number of hydrogen-bond acceptors (Lipinski definition) is 2. The molecular formula is C14H25NO2. The Labute approximate surface area is 104 Å². The number of rotatable bonds is 6. The van der Waals surface area contributed by atoms with E-state index in [0.717, 1.165) is 11.8 Å². The highest BCUT2D eigenvalue weighted by Gasteiger charge is 2.43. The van der Waals surface area contributed by atoms with Gasteiger partial charge in [-0.3, -0.25) is 4.79 Å². The van der Waals surface area contributed by atoms with Crippen LogP contribution < -0.4 is 5.32 Å². The second-order valence-electron chi connectivity index (χ2n) is 5.42. The number of carbonyl (C=O) groups excluding carboxylic acids is 1. The van der Waals surface area contributed by atoms with E-state index in [4.69, 9.17) is 4.74 Å². The van der Waals surface area contributed by atoms with Gasteiger partial charge in [-0.15, -0.1) is 0 Å². The van der Waals surface area contributed by atoms with Crippen molar-refractivity contribution in [3.05, 3.63) is 0 Å². The smallest absolute Gasteiger partial charge is 0.222 e. The number of carbonyl (C=O) groups is 1. The second kappa shape index (κ2) is 6.39. The van der Waals surface area contributed by atoms with Gasteiger partial charge in [0.1, 0.15) is 0 Å². The van der Waals surface area contributed by atoms with Crippen LogP contribution in [0.4, 0.5) is 0 Å². The molecule has 1 amide bonds. The van der Waals surface area contributed by atoms with E-state index < -0.39 is 0 Å². The molecule has 17 heavy (non-hydrogen) atoms. The van der Waals surface area contributed by atoms with Gasteiger partial charge in [-0.25, -0.2) is 0 Å². The lowest BCUT2D eigenvalue weighted by atomic mass is 9.85. The predicted molar refractivity (Wildman–Crippen MR) is 67.7 cm³/mol. The highest BCUT2D eigenvalue weighted by Crippen LogP contribution is 2.44. The van der Waals surface area contributed by atoms with E-state index in [1.165, 1.54) is 38.5 Å². The highest BCUT2D eigenvalue weighted by atomic mass is 16.5. The normalized spacial score (nSPS) is 29.0. The van der Waals surface area contributed by atoms with Crippen LogP contribution in [0.15, 0.2) is 0 Å². The zero-order valence-corrected chi connectivity index (χ0v) is 10.9. The monoisotopic (exact) mass is 239 g/mol. The van der Waals surface area contributed by atoms with E-state index in [-0.39, 0.29) is 5.91 Å². The quantitative estimate of drug-likeness (QED) is 0.723. The molecule has 0 aliphatic heterocycles. The maximum absolute atomic E-state index is 11.6. The standard InChI is InChI=1S/C14H25NO2/c1-2-17-9-8-14(16)15-13-10-12(13)11-6-4-3-5-7-11/h11-13H,2-10H2,1H3,(H,15,16). The third kappa shape index (κ3) is 3.98. The molecule has 3 nitrogen and oxygen atoms in total. The summed E-state index contributed by atoms with van der Waals surface area (Å²) in [7, 11) is 0. The molecule has 0 bridgehead atoms. The van der Waals surface area contributed by atoms with E-state index in [2.05, 4.69) is 5.32 Å². The minimum atomic E-state index is 0.168. The van der Waals surface area contributed by atoms with E-state index in [9.17, 15) is 4.79 Å². The molecule has 2 atom stereocenters. The van der Waals surface area contributed by atoms with Gasteiger partial charge in [-0.05, 0) is 25.2 Å². The second-order valence-corrected chi connectivity index (χ2v) is 5.42. The molecule has 3 heteroatoms. The lowest BCUT2D eigenvalue weighted by Crippen LogP contribution is -2.29. The van der Waals surface area contributed by atoms with Crippen LogP contribution in [0.2, 0.25) is 0 Å². The number of hydrogen-bond donors (Lipinski definition) is 1. The van der Waals surface area contributed by atoms with E-state index >= 15 is 0 Å². The van der Waals surface area contributed by atoms with E-state index in [1.54, 1.807) is 0 Å². The average molecular weight is 239 g/mol. The third-order valence-corrected chi connectivity index (χ3v) is 4.12. The maximum Gasteiger partial charge on any atom is 0.222 e. The van der Waals surface area contributed by atoms with Crippen molar-refractivity contribution in [3.8, 4) is 0 Å². The van der Waals surface area contributed by atoms with Crippen molar-refractivity contribution in [3.63, 3.8) is 0 Å². The van der Waals surface area contributed by atoms with Gasteiger partial charge in [0.15, 0.2) is 0 Å². The molecular weight excluding hydrogens is 214 g/mol. The summed E-state index contributed by atoms with van der Waals surface area (Å²) < 4.78 is 5.19. The van der Waals surface area contributed by atoms with Crippen LogP contribution in [0.3, 0.4) is 0 Å². The summed E-state index contributed by atoms with van der Waals surface area (Å²) in [4.78, 5) is 11.6. The van der Waals surface area contributed by atoms with Crippen LogP contribution in [0.1, 0.15) is 51.9 Å². The van der Waals surface area contributed by atoms with Crippen molar-refractivity contribution in [1.29, 1.82) is 0 Å². The van der Waals surface area contributed by atoms with Crippen molar-refractivity contribution in [2.24, 2.45) is 11.8 Å². The first kappa shape index (κ1) is 12.9. The molecule has 2 aliphatic rings. The molecule has 0 aromatic carbocycles. The van der Waals surface area contributed by atoms with Crippen LogP contribution in [0.25, 0.3) is 0 Å². The van der Waals surface area contributed by atoms with E-state index in [0.29, 0.717) is 25.7 Å². The fourth-order valence-electron chi connectivity index (χ4n) is 3.05. The Morgan fingerprint density at radius 1 is 1.29 bits per heavy atom. The van der Waals surface area contributed by atoms with Gasteiger partial charge in [0.25, 0.3) is 0 Å². The van der Waals surface area contributed by atoms with Crippen molar-refractivity contribution < 1.29 is 9.53 Å². The molecule has 0 saturated heterocycles. The number of ether oxygens (including phenoxy) is 1. The van der Waals surface area contributed by atoms with Gasteiger partial charge in [-0.1, -0.05) is 32.1 Å². The summed E-state index contributed by atoms with van der Waals surface area (Å²) >= 11 is 0. The molecule has 1 N–H and O–H groups in total. The molecule has 2 saturated carbocycles. The Balaban J connectivity index is 1.60. The topological polar surface area (TPSA) is 38.3 Å². The predicted octanol–water partition coefficient (Wildman–Crippen LogP) is 2.50. The van der Waals surface area contributed by atoms with Gasteiger partial charge >= 0.3 is 0 Å². The Bertz CT molecular complexity index is 249. The highest BCUT2D eigenvalue weighted by molar-refractivity contribution is 5.76. The van der Waals surface area contributed by atoms with E-state index in [1.807, 2.05) is 6.92 Å². The number of nitrogens with one attached hydrogen (secondary N) is 1. The number of amides is 1. The lowest BCUT2D eigenvalue weighted by Gasteiger charge is -2.21. The molecule has 0 heterocycles. The Hall–Kier alpha value is -0.570. The van der Waals surface area contributed by atoms with Gasteiger partial charge < -0.3 is 10.1 Å². The Morgan fingerprint density at radius 2 is 2.06 bits per heavy atom. The fraction of sp³-hybridized carbons (Fsp3) is 0.929. The summed E-state index contributed by atoms with van der Waals surface area (Å²) in [6.07, 6.45) is 8.70. The van der Waals surface area contributed by atoms with Crippen LogP contribution in [-0.4, -0.2) is 25.2 Å². The third-order valence-electron chi connectivity index (χ3n) is 4.12. The molecule has 2 fully saturated rings. The van der Waals surface area contributed by atoms with Crippen molar-refractivity contribution in [2.75, 3.05) is 13.2 Å². The largest absolute Gasteiger partial charge is 0.381 e. The molecule has 0 aromatic rings. The first-order chi connectivity index (χ1) is 8.31.